The van der Waals surface area contributed by atoms with Crippen molar-refractivity contribution in [3.63, 3.8) is 0 Å². The van der Waals surface area contributed by atoms with Gasteiger partial charge in [0.1, 0.15) is 5.82 Å². The van der Waals surface area contributed by atoms with Gasteiger partial charge in [0.25, 0.3) is 0 Å². The third-order valence-electron chi connectivity index (χ3n) is 4.92. The van der Waals surface area contributed by atoms with E-state index in [-0.39, 0.29) is 24.3 Å². The second kappa shape index (κ2) is 8.81. The largest absolute Gasteiger partial charge is 0.314 e. The molecular weight excluding hydrogens is 414 g/mol. The molecule has 0 radical (unpaired) electrons. The van der Waals surface area contributed by atoms with Crippen LogP contribution in [0.15, 0.2) is 18.2 Å². The van der Waals surface area contributed by atoms with E-state index >= 15 is 0 Å². The normalized spacial score (nSPS) is 22.1. The molecular formula is C17H25ClFIN2. The van der Waals surface area contributed by atoms with Gasteiger partial charge in [-0.25, -0.2) is 4.39 Å². The first-order valence-corrected chi connectivity index (χ1v) is 9.23. The van der Waals surface area contributed by atoms with E-state index in [0.29, 0.717) is 5.92 Å². The molecule has 0 unspecified atom stereocenters. The highest BCUT2D eigenvalue weighted by Crippen LogP contribution is 2.39. The zero-order valence-electron chi connectivity index (χ0n) is 12.9. The molecule has 1 aromatic carbocycles. The summed E-state index contributed by atoms with van der Waals surface area (Å²) < 4.78 is 15.6. The molecule has 1 aliphatic carbocycles. The summed E-state index contributed by atoms with van der Waals surface area (Å²) >= 11 is 2.30. The van der Waals surface area contributed by atoms with Crippen LogP contribution in [-0.4, -0.2) is 31.1 Å². The summed E-state index contributed by atoms with van der Waals surface area (Å²) in [7, 11) is 0. The van der Waals surface area contributed by atoms with Gasteiger partial charge in [-0.1, -0.05) is 19.3 Å². The first-order valence-electron chi connectivity index (χ1n) is 8.15. The summed E-state index contributed by atoms with van der Waals surface area (Å²) in [6.07, 6.45) is 6.45. The van der Waals surface area contributed by atoms with Crippen molar-refractivity contribution in [3.8, 4) is 0 Å². The summed E-state index contributed by atoms with van der Waals surface area (Å²) in [5.74, 6) is 0.592. The number of halogens is 3. The molecule has 1 atom stereocenters. The molecule has 0 amide bonds. The molecule has 2 nitrogen and oxygen atoms in total. The summed E-state index contributed by atoms with van der Waals surface area (Å²) in [6.45, 7) is 4.11. The lowest BCUT2D eigenvalue weighted by atomic mass is 9.80. The first kappa shape index (κ1) is 18.4. The van der Waals surface area contributed by atoms with Gasteiger partial charge >= 0.3 is 0 Å². The van der Waals surface area contributed by atoms with Crippen LogP contribution in [0.3, 0.4) is 0 Å². The maximum atomic E-state index is 14.5. The van der Waals surface area contributed by atoms with Gasteiger partial charge in [0, 0.05) is 41.4 Å². The Kier molecular flexibility index (Phi) is 7.38. The summed E-state index contributed by atoms with van der Waals surface area (Å²) in [6, 6.07) is 5.85. The number of hydrogen-bond acceptors (Lipinski definition) is 2. The molecule has 1 aliphatic heterocycles. The van der Waals surface area contributed by atoms with Crippen LogP contribution in [0.2, 0.25) is 0 Å². The van der Waals surface area contributed by atoms with Gasteiger partial charge in [0.2, 0.25) is 0 Å². The molecule has 3 rings (SSSR count). The Bertz CT molecular complexity index is 456. The van der Waals surface area contributed by atoms with E-state index < -0.39 is 0 Å². The second-order valence-electron chi connectivity index (χ2n) is 6.29. The predicted octanol–water partition coefficient (Wildman–Crippen LogP) is 4.38. The van der Waals surface area contributed by atoms with E-state index in [9.17, 15) is 4.39 Å². The fraction of sp³-hybridized carbons (Fsp3) is 0.647. The van der Waals surface area contributed by atoms with E-state index in [1.165, 1.54) is 32.1 Å². The van der Waals surface area contributed by atoms with E-state index in [4.69, 9.17) is 0 Å². The van der Waals surface area contributed by atoms with Crippen molar-refractivity contribution < 1.29 is 4.39 Å². The fourth-order valence-electron chi connectivity index (χ4n) is 3.90. The van der Waals surface area contributed by atoms with Crippen molar-refractivity contribution >= 4 is 35.0 Å². The number of rotatable bonds is 3. The molecule has 1 saturated carbocycles. The minimum Gasteiger partial charge on any atom is -0.314 e. The third-order valence-corrected chi connectivity index (χ3v) is 5.59. The Morgan fingerprint density at radius 1 is 1.14 bits per heavy atom. The topological polar surface area (TPSA) is 15.3 Å². The Labute approximate surface area is 152 Å². The highest BCUT2D eigenvalue weighted by atomic mass is 127. The third kappa shape index (κ3) is 4.34. The monoisotopic (exact) mass is 438 g/mol. The van der Waals surface area contributed by atoms with Gasteiger partial charge in [-0.15, -0.1) is 12.4 Å². The van der Waals surface area contributed by atoms with Gasteiger partial charge in [0.15, 0.2) is 0 Å². The minimum atomic E-state index is -0.0236. The number of piperazine rings is 1. The van der Waals surface area contributed by atoms with Gasteiger partial charge in [-0.3, -0.25) is 4.90 Å². The summed E-state index contributed by atoms with van der Waals surface area (Å²) in [4.78, 5) is 2.51. The zero-order valence-corrected chi connectivity index (χ0v) is 15.8. The van der Waals surface area contributed by atoms with Gasteiger partial charge in [-0.2, -0.15) is 0 Å². The van der Waals surface area contributed by atoms with Crippen molar-refractivity contribution in [2.45, 2.75) is 38.1 Å². The Hall–Kier alpha value is 0.0900. The van der Waals surface area contributed by atoms with Gasteiger partial charge in [0.05, 0.1) is 0 Å². The van der Waals surface area contributed by atoms with Crippen LogP contribution >= 0.6 is 35.0 Å². The maximum absolute atomic E-state index is 14.5. The lowest BCUT2D eigenvalue weighted by molar-refractivity contribution is 0.100. The first-order chi connectivity index (χ1) is 10.3. The SMILES string of the molecule is Cl.Fc1ccc(I)cc1[C@@H](C1CCCCC1)N1CCNCC1. The van der Waals surface area contributed by atoms with E-state index in [0.717, 1.165) is 35.3 Å². The van der Waals surface area contributed by atoms with Crippen LogP contribution in [0.5, 0.6) is 0 Å². The number of nitrogens with zero attached hydrogens (tertiary/aromatic N) is 1. The quantitative estimate of drug-likeness (QED) is 0.705. The van der Waals surface area contributed by atoms with Crippen molar-refractivity contribution in [3.05, 3.63) is 33.1 Å². The molecule has 1 saturated heterocycles. The number of nitrogens with one attached hydrogen (secondary N) is 1. The number of benzene rings is 1. The Morgan fingerprint density at radius 2 is 1.82 bits per heavy atom. The van der Waals surface area contributed by atoms with Crippen molar-refractivity contribution in [2.75, 3.05) is 26.2 Å². The molecule has 1 heterocycles. The van der Waals surface area contributed by atoms with E-state index in [1.807, 2.05) is 6.07 Å². The second-order valence-corrected chi connectivity index (χ2v) is 7.54. The van der Waals surface area contributed by atoms with E-state index in [1.54, 1.807) is 6.07 Å². The van der Waals surface area contributed by atoms with Crippen LogP contribution in [-0.2, 0) is 0 Å². The molecule has 2 aliphatic rings. The van der Waals surface area contributed by atoms with Crippen LogP contribution in [0.1, 0.15) is 43.7 Å². The molecule has 2 fully saturated rings. The maximum Gasteiger partial charge on any atom is 0.128 e. The standard InChI is InChI=1S/C17H24FIN2.ClH/c18-16-7-6-14(19)12-15(16)17(13-4-2-1-3-5-13)21-10-8-20-9-11-21;/h6-7,12-13,17,20H,1-5,8-11H2;1H/t17-;/m1./s1. The molecule has 5 heteroatoms. The molecule has 1 N–H and O–H groups in total. The van der Waals surface area contributed by atoms with Crippen LogP contribution < -0.4 is 5.32 Å². The Balaban J connectivity index is 0.00000176. The Morgan fingerprint density at radius 3 is 2.50 bits per heavy atom. The van der Waals surface area contributed by atoms with E-state index in [2.05, 4.69) is 38.9 Å². The molecule has 0 aromatic heterocycles. The lowest BCUT2D eigenvalue weighted by Crippen LogP contribution is -2.47. The van der Waals surface area contributed by atoms with Gasteiger partial charge in [-0.05, 0) is 59.5 Å². The minimum absolute atomic E-state index is 0. The summed E-state index contributed by atoms with van der Waals surface area (Å²) in [5.41, 5.74) is 0.927. The highest BCUT2D eigenvalue weighted by Gasteiger charge is 2.32. The predicted molar refractivity (Wildman–Crippen MR) is 100 cm³/mol. The van der Waals surface area contributed by atoms with Gasteiger partial charge < -0.3 is 5.32 Å². The molecule has 0 spiro atoms. The smallest absolute Gasteiger partial charge is 0.128 e. The average Bonchev–Trinajstić information content (AvgIpc) is 2.53. The van der Waals surface area contributed by atoms with Crippen LogP contribution in [0.25, 0.3) is 0 Å². The molecule has 1 aromatic rings. The molecule has 0 bridgehead atoms. The highest BCUT2D eigenvalue weighted by molar-refractivity contribution is 14.1. The average molecular weight is 439 g/mol. The van der Waals surface area contributed by atoms with Crippen molar-refractivity contribution in [2.24, 2.45) is 5.92 Å². The van der Waals surface area contributed by atoms with Crippen LogP contribution in [0.4, 0.5) is 4.39 Å². The van der Waals surface area contributed by atoms with Crippen molar-refractivity contribution in [1.82, 2.24) is 10.2 Å². The van der Waals surface area contributed by atoms with Crippen molar-refractivity contribution in [1.29, 1.82) is 0 Å². The zero-order chi connectivity index (χ0) is 14.7. The fourth-order valence-corrected chi connectivity index (χ4v) is 4.42. The lowest BCUT2D eigenvalue weighted by Gasteiger charge is -2.41. The number of hydrogen-bond donors (Lipinski definition) is 1. The molecule has 124 valence electrons. The molecule has 22 heavy (non-hydrogen) atoms. The van der Waals surface area contributed by atoms with Crippen LogP contribution in [0, 0.1) is 15.3 Å². The summed E-state index contributed by atoms with van der Waals surface area (Å²) in [5, 5.41) is 3.41.